The minimum atomic E-state index is -4.49. The zero-order chi connectivity index (χ0) is 34.1. The molecule has 2 aromatic rings. The number of hydrogen-bond donors (Lipinski definition) is 0. The minimum Gasteiger partial charge on any atom is -0.340 e. The second-order valence-electron chi connectivity index (χ2n) is 13.7. The zero-order valence-corrected chi connectivity index (χ0v) is 29.7. The number of carbonyl (C=O) groups is 1. The van der Waals surface area contributed by atoms with Crippen molar-refractivity contribution in [1.29, 1.82) is 0 Å². The summed E-state index contributed by atoms with van der Waals surface area (Å²) in [6.45, 7) is 9.21. The molecular formula is C33H48F3N7O3S2. The molecule has 4 aliphatic heterocycles. The van der Waals surface area contributed by atoms with Crippen molar-refractivity contribution in [3.63, 3.8) is 0 Å². The fourth-order valence-corrected chi connectivity index (χ4v) is 9.40. The highest BCUT2D eigenvalue weighted by atomic mass is 32.2. The number of alkyl halides is 3. The number of likely N-dealkylation sites (tertiary alicyclic amines) is 2. The Hall–Kier alpha value is -2.17. The third-order valence-corrected chi connectivity index (χ3v) is 12.6. The lowest BCUT2D eigenvalue weighted by atomic mass is 10.0. The minimum absolute atomic E-state index is 0.152. The number of aryl methyl sites for hydroxylation is 1. The van der Waals surface area contributed by atoms with Gasteiger partial charge in [-0.25, -0.2) is 8.42 Å². The predicted octanol–water partition coefficient (Wildman–Crippen LogP) is 3.70. The first-order chi connectivity index (χ1) is 22.9. The van der Waals surface area contributed by atoms with E-state index in [1.807, 2.05) is 4.68 Å². The van der Waals surface area contributed by atoms with Gasteiger partial charge in [0.15, 0.2) is 0 Å². The first kappa shape index (κ1) is 35.6. The number of sulfonamides is 1. The summed E-state index contributed by atoms with van der Waals surface area (Å²) in [7, 11) is -1.38. The molecule has 15 heteroatoms. The van der Waals surface area contributed by atoms with Gasteiger partial charge in [0.05, 0.1) is 17.5 Å². The maximum Gasteiger partial charge on any atom is 0.417 e. The van der Waals surface area contributed by atoms with E-state index in [0.717, 1.165) is 95.4 Å². The summed E-state index contributed by atoms with van der Waals surface area (Å²) in [6, 6.07) is 4.57. The Labute approximate surface area is 286 Å². The van der Waals surface area contributed by atoms with Crippen molar-refractivity contribution >= 4 is 27.7 Å². The second-order valence-corrected chi connectivity index (χ2v) is 16.8. The molecule has 0 spiro atoms. The molecule has 1 aromatic heterocycles. The zero-order valence-electron chi connectivity index (χ0n) is 28.1. The van der Waals surface area contributed by atoms with E-state index in [9.17, 15) is 26.4 Å². The summed E-state index contributed by atoms with van der Waals surface area (Å²) in [5.74, 6) is 0.822. The summed E-state index contributed by atoms with van der Waals surface area (Å²) >= 11 is 1.22. The van der Waals surface area contributed by atoms with Gasteiger partial charge in [-0.05, 0) is 51.4 Å². The largest absolute Gasteiger partial charge is 0.417 e. The topological polar surface area (TPSA) is 85.2 Å². The lowest BCUT2D eigenvalue weighted by molar-refractivity contribution is -0.139. The van der Waals surface area contributed by atoms with E-state index >= 15 is 0 Å². The van der Waals surface area contributed by atoms with Gasteiger partial charge in [0.1, 0.15) is 0 Å². The Kier molecular flexibility index (Phi) is 11.1. The summed E-state index contributed by atoms with van der Waals surface area (Å²) in [5, 5.41) is 4.96. The van der Waals surface area contributed by atoms with Crippen molar-refractivity contribution in [3.05, 3.63) is 35.0 Å². The van der Waals surface area contributed by atoms with Gasteiger partial charge in [-0.3, -0.25) is 14.4 Å². The lowest BCUT2D eigenvalue weighted by Gasteiger charge is -2.36. The average Bonchev–Trinajstić information content (AvgIpc) is 3.64. The van der Waals surface area contributed by atoms with Crippen molar-refractivity contribution in [2.24, 2.45) is 0 Å². The molecule has 0 atom stereocenters. The van der Waals surface area contributed by atoms with Gasteiger partial charge in [0.2, 0.25) is 15.9 Å². The number of carbonyl (C=O) groups excluding carboxylic acids is 1. The Morgan fingerprint density at radius 2 is 1.67 bits per heavy atom. The monoisotopic (exact) mass is 711 g/mol. The van der Waals surface area contributed by atoms with Crippen LogP contribution in [0, 0.1) is 0 Å². The maximum atomic E-state index is 14.1. The highest BCUT2D eigenvalue weighted by Crippen LogP contribution is 2.40. The quantitative estimate of drug-likeness (QED) is 0.327. The molecule has 48 heavy (non-hydrogen) atoms. The molecule has 0 N–H and O–H groups in total. The second kappa shape index (κ2) is 15.0. The summed E-state index contributed by atoms with van der Waals surface area (Å²) in [6.07, 6.45) is 1.64. The number of piperazine rings is 1. The number of piperidine rings is 1. The fraction of sp³-hybridized carbons (Fsp3) is 0.697. The molecule has 6 rings (SSSR count). The van der Waals surface area contributed by atoms with Crippen LogP contribution in [0.3, 0.4) is 0 Å². The molecule has 266 valence electrons. The molecule has 3 saturated heterocycles. The van der Waals surface area contributed by atoms with E-state index < -0.39 is 21.8 Å². The number of amides is 1. The Balaban J connectivity index is 1.17. The van der Waals surface area contributed by atoms with Gasteiger partial charge in [0, 0.05) is 118 Å². The first-order valence-corrected chi connectivity index (χ1v) is 20.0. The number of nitrogens with zero attached hydrogens (tertiary/aromatic N) is 7. The van der Waals surface area contributed by atoms with E-state index in [1.165, 1.54) is 28.4 Å². The smallest absolute Gasteiger partial charge is 0.340 e. The standard InChI is InChI=1S/C33H48F3N7O3S2/c1-38-17-19-40(20-18-38)21-22-47-30-23-25(6-7-28(30)33(34,35)36)32-27-24-41(48(2,45)46)16-10-29(27)43(37-32)13-4-11-39-14-8-26(9-15-39)42-12-3-5-31(42)44/h6-7,23,26H,3-5,8-22,24H2,1-2H3. The Bertz CT molecular complexity index is 1550. The van der Waals surface area contributed by atoms with Crippen molar-refractivity contribution in [1.82, 2.24) is 33.7 Å². The normalized spacial score (nSPS) is 21.4. The van der Waals surface area contributed by atoms with Gasteiger partial charge < -0.3 is 14.7 Å². The first-order valence-electron chi connectivity index (χ1n) is 17.2. The third kappa shape index (κ3) is 8.40. The van der Waals surface area contributed by atoms with Crippen LogP contribution in [-0.4, -0.2) is 139 Å². The predicted molar refractivity (Wildman–Crippen MR) is 181 cm³/mol. The number of aromatic nitrogens is 2. The molecule has 4 aliphatic rings. The van der Waals surface area contributed by atoms with Crippen LogP contribution in [-0.2, 0) is 40.5 Å². The fourth-order valence-electron chi connectivity index (χ4n) is 7.50. The highest BCUT2D eigenvalue weighted by Gasteiger charge is 2.35. The molecule has 5 heterocycles. The van der Waals surface area contributed by atoms with Crippen molar-refractivity contribution in [2.75, 3.05) is 84.5 Å². The van der Waals surface area contributed by atoms with Crippen LogP contribution in [0.25, 0.3) is 11.3 Å². The molecule has 1 amide bonds. The van der Waals surface area contributed by atoms with Crippen LogP contribution < -0.4 is 0 Å². The van der Waals surface area contributed by atoms with Gasteiger partial charge in [0.25, 0.3) is 0 Å². The van der Waals surface area contributed by atoms with E-state index in [-0.39, 0.29) is 17.3 Å². The van der Waals surface area contributed by atoms with Gasteiger partial charge in [-0.1, -0.05) is 6.07 Å². The SMILES string of the molecule is CN1CCN(CCSc2cc(-c3nn(CCCN4CCC(N5CCCC5=O)CC4)c4c3CN(S(C)(=O)=O)CC4)ccc2C(F)(F)F)CC1. The number of rotatable bonds is 11. The lowest BCUT2D eigenvalue weighted by Crippen LogP contribution is -2.45. The maximum absolute atomic E-state index is 14.1. The van der Waals surface area contributed by atoms with Gasteiger partial charge in [-0.2, -0.15) is 22.6 Å². The molecule has 1 aromatic carbocycles. The number of likely N-dealkylation sites (N-methyl/N-ethyl adjacent to an activating group) is 1. The van der Waals surface area contributed by atoms with E-state index in [4.69, 9.17) is 5.10 Å². The Morgan fingerprint density at radius 3 is 2.33 bits per heavy atom. The van der Waals surface area contributed by atoms with E-state index in [2.05, 4.69) is 26.6 Å². The van der Waals surface area contributed by atoms with Gasteiger partial charge >= 0.3 is 6.18 Å². The number of thioether (sulfide) groups is 1. The van der Waals surface area contributed by atoms with Crippen LogP contribution in [0.2, 0.25) is 0 Å². The van der Waals surface area contributed by atoms with Crippen LogP contribution in [0.15, 0.2) is 23.1 Å². The third-order valence-electron chi connectivity index (χ3n) is 10.3. The number of hydrogen-bond acceptors (Lipinski definition) is 8. The molecule has 0 saturated carbocycles. The highest BCUT2D eigenvalue weighted by molar-refractivity contribution is 7.99. The van der Waals surface area contributed by atoms with Crippen LogP contribution >= 0.6 is 11.8 Å². The van der Waals surface area contributed by atoms with Crippen molar-refractivity contribution in [3.8, 4) is 11.3 Å². The van der Waals surface area contributed by atoms with E-state index in [0.29, 0.717) is 55.5 Å². The number of halogens is 3. The Morgan fingerprint density at radius 1 is 0.938 bits per heavy atom. The summed E-state index contributed by atoms with van der Waals surface area (Å²) < 4.78 is 70.9. The molecule has 0 unspecified atom stereocenters. The molecule has 0 bridgehead atoms. The molecular weight excluding hydrogens is 664 g/mol. The molecule has 0 radical (unpaired) electrons. The number of fused-ring (bicyclic) bond motifs is 1. The average molecular weight is 712 g/mol. The van der Waals surface area contributed by atoms with Crippen molar-refractivity contribution < 1.29 is 26.4 Å². The van der Waals surface area contributed by atoms with E-state index in [1.54, 1.807) is 6.07 Å². The molecule has 10 nitrogen and oxygen atoms in total. The molecule has 3 fully saturated rings. The van der Waals surface area contributed by atoms with Crippen molar-refractivity contribution in [2.45, 2.75) is 68.7 Å². The summed E-state index contributed by atoms with van der Waals surface area (Å²) in [5.41, 5.74) is 2.22. The van der Waals surface area contributed by atoms with Crippen LogP contribution in [0.5, 0.6) is 0 Å². The van der Waals surface area contributed by atoms with Crippen LogP contribution in [0.4, 0.5) is 13.2 Å². The van der Waals surface area contributed by atoms with Gasteiger partial charge in [-0.15, -0.1) is 11.8 Å². The van der Waals surface area contributed by atoms with Crippen LogP contribution in [0.1, 0.15) is 48.9 Å². The summed E-state index contributed by atoms with van der Waals surface area (Å²) in [4.78, 5) is 21.4. The number of benzene rings is 1. The molecule has 0 aliphatic carbocycles.